The Kier molecular flexibility index (Phi) is 7.26. The second kappa shape index (κ2) is 8.95. The van der Waals surface area contributed by atoms with E-state index in [1.165, 1.54) is 11.6 Å². The summed E-state index contributed by atoms with van der Waals surface area (Å²) in [6.07, 6.45) is 2.84. The molecule has 0 heterocycles. The van der Waals surface area contributed by atoms with Crippen molar-refractivity contribution < 1.29 is 15.3 Å². The zero-order chi connectivity index (χ0) is 16.5. The van der Waals surface area contributed by atoms with Crippen molar-refractivity contribution in [2.75, 3.05) is 0 Å². The lowest BCUT2D eigenvalue weighted by atomic mass is 10.1. The Morgan fingerprint density at radius 2 is 1.50 bits per heavy atom. The van der Waals surface area contributed by atoms with Gasteiger partial charge in [-0.1, -0.05) is 25.1 Å². The van der Waals surface area contributed by atoms with Gasteiger partial charge in [-0.25, -0.2) is 0 Å². The standard InChI is InChI=1S/C10H15NO.C8H10O2/c1-8(11)2-3-9-4-6-10(12)7-5-9;1-2-6-3-4-7(9)8(10)5-6/h4-8,12H,2-3,11H2,1H3;3-5,9-10H,2H2,1H3. The van der Waals surface area contributed by atoms with Crippen LogP contribution in [-0.4, -0.2) is 21.4 Å². The van der Waals surface area contributed by atoms with Gasteiger partial charge >= 0.3 is 0 Å². The van der Waals surface area contributed by atoms with Crippen LogP contribution in [0.5, 0.6) is 17.2 Å². The number of phenols is 3. The van der Waals surface area contributed by atoms with E-state index in [1.807, 2.05) is 26.0 Å². The zero-order valence-electron chi connectivity index (χ0n) is 13.2. The van der Waals surface area contributed by atoms with Gasteiger partial charge in [-0.05, 0) is 61.6 Å². The highest BCUT2D eigenvalue weighted by Crippen LogP contribution is 2.24. The van der Waals surface area contributed by atoms with Crippen molar-refractivity contribution >= 4 is 0 Å². The molecule has 0 aliphatic rings. The van der Waals surface area contributed by atoms with Crippen LogP contribution in [-0.2, 0) is 12.8 Å². The molecule has 2 aromatic carbocycles. The highest BCUT2D eigenvalue weighted by atomic mass is 16.3. The molecule has 4 nitrogen and oxygen atoms in total. The van der Waals surface area contributed by atoms with Gasteiger partial charge in [0.15, 0.2) is 11.5 Å². The number of phenolic OH excluding ortho intramolecular Hbond substituents is 3. The SMILES string of the molecule is CC(N)CCc1ccc(O)cc1.CCc1ccc(O)c(O)c1. The summed E-state index contributed by atoms with van der Waals surface area (Å²) in [5, 5.41) is 26.9. The Bertz CT molecular complexity index is 565. The molecule has 2 aromatic rings. The van der Waals surface area contributed by atoms with Crippen LogP contribution in [0.4, 0.5) is 0 Å². The largest absolute Gasteiger partial charge is 0.508 e. The number of hydrogen-bond donors (Lipinski definition) is 4. The minimum absolute atomic E-state index is 0.0423. The van der Waals surface area contributed by atoms with Crippen LogP contribution < -0.4 is 5.73 Å². The van der Waals surface area contributed by atoms with E-state index in [1.54, 1.807) is 24.3 Å². The van der Waals surface area contributed by atoms with E-state index < -0.39 is 0 Å². The number of hydrogen-bond acceptors (Lipinski definition) is 4. The van der Waals surface area contributed by atoms with E-state index >= 15 is 0 Å². The number of aryl methyl sites for hydroxylation is 2. The molecule has 0 aliphatic heterocycles. The summed E-state index contributed by atoms with van der Waals surface area (Å²) >= 11 is 0. The smallest absolute Gasteiger partial charge is 0.157 e. The van der Waals surface area contributed by atoms with Crippen molar-refractivity contribution in [3.8, 4) is 17.2 Å². The average molecular weight is 303 g/mol. The van der Waals surface area contributed by atoms with Crippen molar-refractivity contribution in [1.82, 2.24) is 0 Å². The lowest BCUT2D eigenvalue weighted by molar-refractivity contribution is 0.403. The fourth-order valence-electron chi connectivity index (χ4n) is 1.85. The number of rotatable bonds is 4. The Morgan fingerprint density at radius 1 is 0.909 bits per heavy atom. The van der Waals surface area contributed by atoms with Crippen LogP contribution in [0.25, 0.3) is 0 Å². The summed E-state index contributed by atoms with van der Waals surface area (Å²) < 4.78 is 0. The topological polar surface area (TPSA) is 86.7 Å². The van der Waals surface area contributed by atoms with Crippen molar-refractivity contribution in [3.05, 3.63) is 53.6 Å². The fraction of sp³-hybridized carbons (Fsp3) is 0.333. The molecule has 0 saturated heterocycles. The van der Waals surface area contributed by atoms with Crippen LogP contribution in [0.3, 0.4) is 0 Å². The highest BCUT2D eigenvalue weighted by Gasteiger charge is 1.97. The second-order valence-electron chi connectivity index (χ2n) is 5.36. The van der Waals surface area contributed by atoms with E-state index in [0.29, 0.717) is 5.75 Å². The van der Waals surface area contributed by atoms with Crippen LogP contribution in [0.1, 0.15) is 31.4 Å². The van der Waals surface area contributed by atoms with Crippen LogP contribution >= 0.6 is 0 Å². The van der Waals surface area contributed by atoms with Crippen LogP contribution in [0, 0.1) is 0 Å². The number of aromatic hydroxyl groups is 3. The molecule has 1 atom stereocenters. The van der Waals surface area contributed by atoms with Gasteiger partial charge in [0.05, 0.1) is 0 Å². The Morgan fingerprint density at radius 3 is 2.00 bits per heavy atom. The first-order chi connectivity index (χ1) is 10.4. The lowest BCUT2D eigenvalue weighted by Gasteiger charge is -2.04. The number of nitrogens with two attached hydrogens (primary N) is 1. The summed E-state index contributed by atoms with van der Waals surface area (Å²) in [6.45, 7) is 3.99. The summed E-state index contributed by atoms with van der Waals surface area (Å²) in [6, 6.07) is 12.4. The molecule has 0 aliphatic carbocycles. The predicted molar refractivity (Wildman–Crippen MR) is 89.2 cm³/mol. The monoisotopic (exact) mass is 303 g/mol. The van der Waals surface area contributed by atoms with Crippen LogP contribution in [0.15, 0.2) is 42.5 Å². The quantitative estimate of drug-likeness (QED) is 0.653. The Hall–Kier alpha value is -2.20. The van der Waals surface area contributed by atoms with E-state index in [4.69, 9.17) is 21.1 Å². The molecule has 0 bridgehead atoms. The molecule has 0 aromatic heterocycles. The third kappa shape index (κ3) is 6.50. The van der Waals surface area contributed by atoms with Gasteiger partial charge in [-0.3, -0.25) is 0 Å². The van der Waals surface area contributed by atoms with E-state index in [0.717, 1.165) is 24.8 Å². The number of benzene rings is 2. The third-order valence-corrected chi connectivity index (χ3v) is 3.27. The molecular weight excluding hydrogens is 278 g/mol. The van der Waals surface area contributed by atoms with E-state index in [-0.39, 0.29) is 17.5 Å². The van der Waals surface area contributed by atoms with Crippen molar-refractivity contribution in [2.24, 2.45) is 5.73 Å². The van der Waals surface area contributed by atoms with Crippen molar-refractivity contribution in [2.45, 2.75) is 39.2 Å². The molecule has 2 rings (SSSR count). The maximum atomic E-state index is 9.01. The van der Waals surface area contributed by atoms with Gasteiger partial charge < -0.3 is 21.1 Å². The first-order valence-corrected chi connectivity index (χ1v) is 7.46. The molecular formula is C18H25NO3. The highest BCUT2D eigenvalue weighted by molar-refractivity contribution is 5.40. The molecule has 0 saturated carbocycles. The maximum absolute atomic E-state index is 9.01. The Labute approximate surface area is 131 Å². The average Bonchev–Trinajstić information content (AvgIpc) is 2.50. The van der Waals surface area contributed by atoms with Gasteiger partial charge in [0.1, 0.15) is 5.75 Å². The first kappa shape index (κ1) is 17.9. The van der Waals surface area contributed by atoms with Gasteiger partial charge in [-0.15, -0.1) is 0 Å². The third-order valence-electron chi connectivity index (χ3n) is 3.27. The molecule has 0 fully saturated rings. The Balaban J connectivity index is 0.000000224. The van der Waals surface area contributed by atoms with Crippen molar-refractivity contribution in [3.63, 3.8) is 0 Å². The summed E-state index contributed by atoms with van der Waals surface area (Å²) in [5.74, 6) is 0.219. The minimum Gasteiger partial charge on any atom is -0.508 e. The molecule has 4 heteroatoms. The normalized spacial score (nSPS) is 11.4. The van der Waals surface area contributed by atoms with Crippen molar-refractivity contribution in [1.29, 1.82) is 0 Å². The molecule has 22 heavy (non-hydrogen) atoms. The zero-order valence-corrected chi connectivity index (χ0v) is 13.2. The molecule has 5 N–H and O–H groups in total. The second-order valence-corrected chi connectivity index (χ2v) is 5.36. The van der Waals surface area contributed by atoms with Gasteiger partial charge in [0.2, 0.25) is 0 Å². The molecule has 120 valence electrons. The van der Waals surface area contributed by atoms with Gasteiger partial charge in [0, 0.05) is 6.04 Å². The molecule has 1 unspecified atom stereocenters. The van der Waals surface area contributed by atoms with E-state index in [9.17, 15) is 0 Å². The molecule has 0 amide bonds. The van der Waals surface area contributed by atoms with Gasteiger partial charge in [-0.2, -0.15) is 0 Å². The molecule has 0 radical (unpaired) electrons. The van der Waals surface area contributed by atoms with E-state index in [2.05, 4.69) is 0 Å². The summed E-state index contributed by atoms with van der Waals surface area (Å²) in [5.41, 5.74) is 7.87. The summed E-state index contributed by atoms with van der Waals surface area (Å²) in [4.78, 5) is 0. The van der Waals surface area contributed by atoms with Crippen LogP contribution in [0.2, 0.25) is 0 Å². The summed E-state index contributed by atoms with van der Waals surface area (Å²) in [7, 11) is 0. The minimum atomic E-state index is -0.0581. The maximum Gasteiger partial charge on any atom is 0.157 e. The fourth-order valence-corrected chi connectivity index (χ4v) is 1.85. The first-order valence-electron chi connectivity index (χ1n) is 7.46. The molecule has 0 spiro atoms. The van der Waals surface area contributed by atoms with Gasteiger partial charge in [0.25, 0.3) is 0 Å². The predicted octanol–water partition coefficient (Wildman–Crippen LogP) is 3.33. The lowest BCUT2D eigenvalue weighted by Crippen LogP contribution is -2.15.